The molecule has 30 heavy (non-hydrogen) atoms. The highest BCUT2D eigenvalue weighted by molar-refractivity contribution is 7.80. The van der Waals surface area contributed by atoms with Crippen LogP contribution in [0.15, 0.2) is 74.4 Å². The monoisotopic (exact) mass is 434 g/mol. The Labute approximate surface area is 183 Å². The molecule has 0 radical (unpaired) electrons. The smallest absolute Gasteiger partial charge is 0.327 e. The summed E-state index contributed by atoms with van der Waals surface area (Å²) in [4.78, 5) is 26.5. The summed E-state index contributed by atoms with van der Waals surface area (Å²) in [6.45, 7) is 0.983. The molecule has 2 aromatic heterocycles. The molecular formula is C21H18N6OS2. The minimum atomic E-state index is -0.214. The van der Waals surface area contributed by atoms with Crippen LogP contribution in [-0.2, 0) is 13.1 Å². The molecule has 4 aromatic rings. The summed E-state index contributed by atoms with van der Waals surface area (Å²) in [5.41, 5.74) is 3.07. The molecule has 0 aliphatic carbocycles. The second-order valence-electron chi connectivity index (χ2n) is 6.99. The summed E-state index contributed by atoms with van der Waals surface area (Å²) >= 11 is 8.92. The third-order valence-electron chi connectivity index (χ3n) is 5.00. The fraction of sp³-hybridized carbons (Fsp3) is 0.0952. The van der Waals surface area contributed by atoms with Crippen molar-refractivity contribution >= 4 is 43.2 Å². The molecule has 3 heterocycles. The maximum Gasteiger partial charge on any atom is 0.327 e. The van der Waals surface area contributed by atoms with E-state index >= 15 is 0 Å². The first-order valence-corrected chi connectivity index (χ1v) is 10.2. The number of H-pyrrole nitrogens is 1. The summed E-state index contributed by atoms with van der Waals surface area (Å²) in [7, 11) is 0. The lowest BCUT2D eigenvalue weighted by Crippen LogP contribution is -2.19. The predicted molar refractivity (Wildman–Crippen MR) is 124 cm³/mol. The molecule has 0 amide bonds. The molecule has 0 saturated carbocycles. The SMILES string of the molecule is O=c1[nH]c2c(n1Cc1cccc(S)c1)NC=Nc1c-2ncn1Cc1ccccc1S. The number of thiol groups is 2. The highest BCUT2D eigenvalue weighted by Gasteiger charge is 2.23. The van der Waals surface area contributed by atoms with Gasteiger partial charge in [-0.3, -0.25) is 4.57 Å². The third-order valence-corrected chi connectivity index (χ3v) is 5.72. The highest BCUT2D eigenvalue weighted by atomic mass is 32.1. The number of fused-ring (bicyclic) bond motifs is 3. The largest absolute Gasteiger partial charge is 0.330 e. The van der Waals surface area contributed by atoms with Crippen LogP contribution in [0, 0.1) is 0 Å². The van der Waals surface area contributed by atoms with Crippen molar-refractivity contribution in [2.24, 2.45) is 4.99 Å². The van der Waals surface area contributed by atoms with E-state index in [1.807, 2.05) is 53.1 Å². The van der Waals surface area contributed by atoms with Gasteiger partial charge in [0.2, 0.25) is 0 Å². The van der Waals surface area contributed by atoms with E-state index < -0.39 is 0 Å². The average Bonchev–Trinajstić information content (AvgIpc) is 3.19. The van der Waals surface area contributed by atoms with E-state index in [-0.39, 0.29) is 5.69 Å². The Morgan fingerprint density at radius 1 is 1.03 bits per heavy atom. The molecule has 0 atom stereocenters. The molecule has 0 unspecified atom stereocenters. The normalized spacial score (nSPS) is 12.2. The van der Waals surface area contributed by atoms with Crippen LogP contribution in [0.25, 0.3) is 11.4 Å². The highest BCUT2D eigenvalue weighted by Crippen LogP contribution is 2.35. The number of rotatable bonds is 4. The van der Waals surface area contributed by atoms with Crippen LogP contribution >= 0.6 is 25.3 Å². The van der Waals surface area contributed by atoms with Gasteiger partial charge >= 0.3 is 5.69 Å². The van der Waals surface area contributed by atoms with Gasteiger partial charge in [-0.15, -0.1) is 25.3 Å². The van der Waals surface area contributed by atoms with Crippen molar-refractivity contribution in [3.8, 4) is 11.4 Å². The minimum Gasteiger partial charge on any atom is -0.330 e. The minimum absolute atomic E-state index is 0.214. The number of aromatic amines is 1. The second kappa shape index (κ2) is 7.58. The maximum atomic E-state index is 12.7. The van der Waals surface area contributed by atoms with Gasteiger partial charge < -0.3 is 14.9 Å². The molecular weight excluding hydrogens is 416 g/mol. The Morgan fingerprint density at radius 3 is 2.73 bits per heavy atom. The molecule has 5 rings (SSSR count). The standard InChI is InChI=1S/C21H18N6OS2/c28-21-25-18-17-19(26(12-24-17)10-14-5-1-2-7-16(14)30)22-11-23-20(18)27(21)9-13-4-3-6-15(29)8-13/h1-8,11-12,29-30H,9-10H2,(H,22,23)(H,25,28). The lowest BCUT2D eigenvalue weighted by Gasteiger charge is -2.08. The van der Waals surface area contributed by atoms with Crippen molar-refractivity contribution in [2.45, 2.75) is 22.9 Å². The molecule has 0 saturated heterocycles. The van der Waals surface area contributed by atoms with Crippen molar-refractivity contribution in [1.82, 2.24) is 19.1 Å². The van der Waals surface area contributed by atoms with Crippen LogP contribution in [-0.4, -0.2) is 25.4 Å². The van der Waals surface area contributed by atoms with E-state index in [1.165, 1.54) is 0 Å². The Bertz CT molecular complexity index is 1330. The van der Waals surface area contributed by atoms with E-state index in [9.17, 15) is 4.79 Å². The molecule has 0 bridgehead atoms. The number of hydrogen-bond acceptors (Lipinski definition) is 6. The topological polar surface area (TPSA) is 80.0 Å². The number of nitrogens with one attached hydrogen (secondary N) is 2. The van der Waals surface area contributed by atoms with E-state index in [0.29, 0.717) is 36.1 Å². The lowest BCUT2D eigenvalue weighted by molar-refractivity contribution is 0.769. The average molecular weight is 435 g/mol. The van der Waals surface area contributed by atoms with Crippen molar-refractivity contribution in [2.75, 3.05) is 5.32 Å². The lowest BCUT2D eigenvalue weighted by atomic mass is 10.2. The van der Waals surface area contributed by atoms with E-state index in [4.69, 9.17) is 0 Å². The quantitative estimate of drug-likeness (QED) is 0.369. The fourth-order valence-corrected chi connectivity index (χ4v) is 4.05. The van der Waals surface area contributed by atoms with Crippen LogP contribution in [0.5, 0.6) is 0 Å². The van der Waals surface area contributed by atoms with E-state index in [1.54, 1.807) is 17.2 Å². The summed E-state index contributed by atoms with van der Waals surface area (Å²) in [5.74, 6) is 1.30. The van der Waals surface area contributed by atoms with Gasteiger partial charge in [0.05, 0.1) is 25.8 Å². The van der Waals surface area contributed by atoms with Gasteiger partial charge in [-0.1, -0.05) is 30.3 Å². The van der Waals surface area contributed by atoms with Gasteiger partial charge in [0.25, 0.3) is 0 Å². The molecule has 9 heteroatoms. The summed E-state index contributed by atoms with van der Waals surface area (Å²) in [5, 5.41) is 3.14. The second-order valence-corrected chi connectivity index (χ2v) is 7.98. The van der Waals surface area contributed by atoms with Crippen molar-refractivity contribution in [1.29, 1.82) is 0 Å². The van der Waals surface area contributed by atoms with E-state index in [0.717, 1.165) is 20.9 Å². The van der Waals surface area contributed by atoms with Crippen LogP contribution in [0.1, 0.15) is 11.1 Å². The van der Waals surface area contributed by atoms with Crippen LogP contribution in [0.4, 0.5) is 11.6 Å². The van der Waals surface area contributed by atoms with Crippen molar-refractivity contribution in [3.63, 3.8) is 0 Å². The zero-order valence-electron chi connectivity index (χ0n) is 15.8. The zero-order chi connectivity index (χ0) is 20.7. The van der Waals surface area contributed by atoms with Gasteiger partial charge in [-0.05, 0) is 29.3 Å². The predicted octanol–water partition coefficient (Wildman–Crippen LogP) is 3.80. The number of benzene rings is 2. The summed E-state index contributed by atoms with van der Waals surface area (Å²) in [6, 6.07) is 15.6. The first kappa shape index (κ1) is 18.8. The molecule has 7 nitrogen and oxygen atoms in total. The summed E-state index contributed by atoms with van der Waals surface area (Å²) < 4.78 is 3.58. The Kier molecular flexibility index (Phi) is 4.76. The van der Waals surface area contributed by atoms with Crippen molar-refractivity contribution in [3.05, 3.63) is 76.5 Å². The third kappa shape index (κ3) is 3.35. The Morgan fingerprint density at radius 2 is 1.90 bits per heavy atom. The number of aromatic nitrogens is 4. The van der Waals surface area contributed by atoms with Gasteiger partial charge in [0.1, 0.15) is 17.2 Å². The molecule has 1 aliphatic heterocycles. The maximum absolute atomic E-state index is 12.7. The number of hydrogen-bond donors (Lipinski definition) is 4. The van der Waals surface area contributed by atoms with Gasteiger partial charge in [-0.2, -0.15) is 0 Å². The zero-order valence-corrected chi connectivity index (χ0v) is 17.6. The number of imidazole rings is 2. The Hall–Kier alpha value is -3.17. The molecule has 0 spiro atoms. The number of anilines is 1. The van der Waals surface area contributed by atoms with Gasteiger partial charge in [-0.25, -0.2) is 14.8 Å². The van der Waals surface area contributed by atoms with Crippen LogP contribution in [0.2, 0.25) is 0 Å². The number of nitrogens with zero attached hydrogens (tertiary/aromatic N) is 4. The number of aliphatic imine (C=N–C) groups is 1. The molecule has 2 N–H and O–H groups in total. The fourth-order valence-electron chi connectivity index (χ4n) is 3.57. The van der Waals surface area contributed by atoms with Gasteiger partial charge in [0, 0.05) is 9.79 Å². The summed E-state index contributed by atoms with van der Waals surface area (Å²) in [6.07, 6.45) is 3.33. The molecule has 1 aliphatic rings. The van der Waals surface area contributed by atoms with E-state index in [2.05, 4.69) is 45.5 Å². The van der Waals surface area contributed by atoms with Gasteiger partial charge in [0.15, 0.2) is 5.82 Å². The molecule has 150 valence electrons. The van der Waals surface area contributed by atoms with Crippen LogP contribution in [0.3, 0.4) is 0 Å². The first-order chi connectivity index (χ1) is 14.6. The first-order valence-electron chi connectivity index (χ1n) is 9.32. The van der Waals surface area contributed by atoms with Crippen LogP contribution < -0.4 is 11.0 Å². The molecule has 2 aromatic carbocycles. The Balaban J connectivity index is 1.55. The molecule has 0 fully saturated rings. The van der Waals surface area contributed by atoms with Crippen molar-refractivity contribution < 1.29 is 0 Å².